The molecule has 3 fully saturated rings. The minimum atomic E-state index is -1.01. The van der Waals surface area contributed by atoms with Crippen LogP contribution in [0.3, 0.4) is 0 Å². The Bertz CT molecular complexity index is 816. The number of aliphatic hydroxyl groups excluding tert-OH is 1. The molecule has 0 aromatic carbocycles. The molecule has 190 valence electrons. The predicted molar refractivity (Wildman–Crippen MR) is 130 cm³/mol. The fourth-order valence-corrected chi connectivity index (χ4v) is 6.21. The van der Waals surface area contributed by atoms with E-state index in [9.17, 15) is 19.5 Å². The van der Waals surface area contributed by atoms with Crippen LogP contribution in [0.15, 0.2) is 25.3 Å². The van der Waals surface area contributed by atoms with Crippen molar-refractivity contribution in [3.05, 3.63) is 25.3 Å². The molecule has 5 atom stereocenters. The summed E-state index contributed by atoms with van der Waals surface area (Å²) in [6, 6.07) is -0.773. The zero-order valence-corrected chi connectivity index (χ0v) is 21.0. The normalized spacial score (nSPS) is 31.5. The topological polar surface area (TPSA) is 90.4 Å². The fraction of sp³-hybridized carbons (Fsp3) is 0.731. The number of carbonyl (C=O) groups is 3. The third-order valence-corrected chi connectivity index (χ3v) is 7.81. The lowest BCUT2D eigenvalue weighted by Crippen LogP contribution is -2.56. The molecule has 3 saturated heterocycles. The van der Waals surface area contributed by atoms with Crippen molar-refractivity contribution in [2.75, 3.05) is 39.8 Å². The molecule has 8 heteroatoms. The van der Waals surface area contributed by atoms with Crippen molar-refractivity contribution in [1.29, 1.82) is 0 Å². The third kappa shape index (κ3) is 4.31. The van der Waals surface area contributed by atoms with Crippen LogP contribution in [0.5, 0.6) is 0 Å². The van der Waals surface area contributed by atoms with Gasteiger partial charge in [0, 0.05) is 39.8 Å². The van der Waals surface area contributed by atoms with Crippen molar-refractivity contribution in [2.45, 2.75) is 69.6 Å². The number of rotatable bonds is 13. The van der Waals surface area contributed by atoms with Gasteiger partial charge in [-0.15, -0.1) is 13.2 Å². The first-order valence-corrected chi connectivity index (χ1v) is 12.6. The second kappa shape index (κ2) is 10.6. The van der Waals surface area contributed by atoms with Crippen LogP contribution in [0, 0.1) is 11.8 Å². The molecular formula is C26H41N3O5. The summed E-state index contributed by atoms with van der Waals surface area (Å²) in [6.45, 7) is 13.3. The Hall–Kier alpha value is -2.19. The molecule has 8 nitrogen and oxygen atoms in total. The smallest absolute Gasteiger partial charge is 0.248 e. The van der Waals surface area contributed by atoms with Gasteiger partial charge in [-0.1, -0.05) is 25.5 Å². The molecule has 0 aromatic rings. The molecule has 3 rings (SSSR count). The van der Waals surface area contributed by atoms with Crippen molar-refractivity contribution in [3.8, 4) is 0 Å². The van der Waals surface area contributed by atoms with Gasteiger partial charge in [0.1, 0.15) is 11.6 Å². The van der Waals surface area contributed by atoms with Crippen molar-refractivity contribution in [3.63, 3.8) is 0 Å². The summed E-state index contributed by atoms with van der Waals surface area (Å²) in [5.74, 6) is -1.78. The summed E-state index contributed by atoms with van der Waals surface area (Å²) < 4.78 is 6.65. The molecule has 0 aromatic heterocycles. The monoisotopic (exact) mass is 475 g/mol. The second-order valence-electron chi connectivity index (χ2n) is 10.1. The highest BCUT2D eigenvalue weighted by atomic mass is 16.5. The maximum absolute atomic E-state index is 14.0. The summed E-state index contributed by atoms with van der Waals surface area (Å²) in [6.07, 6.45) is 7.48. The van der Waals surface area contributed by atoms with Crippen molar-refractivity contribution < 1.29 is 24.2 Å². The predicted octanol–water partition coefficient (Wildman–Crippen LogP) is 1.98. The van der Waals surface area contributed by atoms with E-state index in [0.29, 0.717) is 51.9 Å². The van der Waals surface area contributed by atoms with Crippen LogP contribution in [0.4, 0.5) is 0 Å². The highest BCUT2D eigenvalue weighted by molar-refractivity contribution is 5.99. The Kier molecular flexibility index (Phi) is 8.24. The van der Waals surface area contributed by atoms with Crippen LogP contribution in [0.1, 0.15) is 52.4 Å². The number of likely N-dealkylation sites (tertiary alicyclic amines) is 1. The fourth-order valence-electron chi connectivity index (χ4n) is 6.21. The lowest BCUT2D eigenvalue weighted by Gasteiger charge is -2.37. The first-order chi connectivity index (χ1) is 16.2. The number of hydrogen-bond acceptors (Lipinski definition) is 5. The van der Waals surface area contributed by atoms with Crippen molar-refractivity contribution in [1.82, 2.24) is 14.7 Å². The molecule has 2 bridgehead atoms. The van der Waals surface area contributed by atoms with Crippen molar-refractivity contribution in [2.24, 2.45) is 11.8 Å². The summed E-state index contributed by atoms with van der Waals surface area (Å²) >= 11 is 0. The number of likely N-dealkylation sites (N-methyl/N-ethyl adjacent to an activating group) is 1. The zero-order chi connectivity index (χ0) is 25.1. The van der Waals surface area contributed by atoms with E-state index in [-0.39, 0.29) is 24.3 Å². The van der Waals surface area contributed by atoms with Gasteiger partial charge in [0.25, 0.3) is 0 Å². The molecule has 1 spiro atoms. The molecule has 0 saturated carbocycles. The van der Waals surface area contributed by atoms with E-state index in [0.717, 1.165) is 12.8 Å². The number of aliphatic hydroxyl groups is 1. The molecule has 0 aliphatic carbocycles. The molecule has 34 heavy (non-hydrogen) atoms. The summed E-state index contributed by atoms with van der Waals surface area (Å²) in [4.78, 5) is 46.5. The standard InChI is InChI=1S/C26H41N3O5/c1-6-9-16-28(15-8-3)24(33)21-26-13-12-25(4,34-26)19(22(31)27(5)14-7-2)20(26)23(32)29(21)17-10-11-18-30/h7-8,19-21,30H,2-3,6,9-18H2,1,4-5H3/t19-,20-,21?,25+,26?/m0/s1. The van der Waals surface area contributed by atoms with Crippen LogP contribution in [-0.4, -0.2) is 94.6 Å². The van der Waals surface area contributed by atoms with Gasteiger partial charge in [0.2, 0.25) is 17.7 Å². The van der Waals surface area contributed by atoms with Crippen LogP contribution in [0.25, 0.3) is 0 Å². The molecule has 1 N–H and O–H groups in total. The van der Waals surface area contributed by atoms with Crippen LogP contribution in [-0.2, 0) is 19.1 Å². The Balaban J connectivity index is 2.03. The minimum absolute atomic E-state index is 0.0241. The first kappa shape index (κ1) is 26.4. The van der Waals surface area contributed by atoms with Crippen molar-refractivity contribution >= 4 is 17.7 Å². The molecule has 3 aliphatic rings. The lowest BCUT2D eigenvalue weighted by molar-refractivity contribution is -0.153. The minimum Gasteiger partial charge on any atom is -0.396 e. The maximum atomic E-state index is 14.0. The Labute approximate surface area is 203 Å². The molecular weight excluding hydrogens is 434 g/mol. The van der Waals surface area contributed by atoms with Gasteiger partial charge in [-0.05, 0) is 39.0 Å². The number of hydrogen-bond donors (Lipinski definition) is 1. The average molecular weight is 476 g/mol. The van der Waals surface area contributed by atoms with E-state index in [1.807, 2.05) is 6.92 Å². The molecule has 2 unspecified atom stereocenters. The number of unbranched alkanes of at least 4 members (excludes halogenated alkanes) is 2. The largest absolute Gasteiger partial charge is 0.396 e. The molecule has 0 radical (unpaired) electrons. The highest BCUT2D eigenvalue weighted by Gasteiger charge is 2.78. The van der Waals surface area contributed by atoms with E-state index in [1.54, 1.807) is 33.9 Å². The van der Waals surface area contributed by atoms with Gasteiger partial charge in [0.15, 0.2) is 0 Å². The van der Waals surface area contributed by atoms with E-state index in [4.69, 9.17) is 4.74 Å². The first-order valence-electron chi connectivity index (χ1n) is 12.6. The number of amides is 3. The third-order valence-electron chi connectivity index (χ3n) is 7.81. The van der Waals surface area contributed by atoms with Gasteiger partial charge < -0.3 is 24.5 Å². The maximum Gasteiger partial charge on any atom is 0.248 e. The quantitative estimate of drug-likeness (QED) is 0.325. The molecule has 3 amide bonds. The van der Waals surface area contributed by atoms with Gasteiger partial charge in [0.05, 0.1) is 17.4 Å². The van der Waals surface area contributed by atoms with E-state index in [1.165, 1.54) is 0 Å². The van der Waals surface area contributed by atoms with Gasteiger partial charge in [-0.2, -0.15) is 0 Å². The number of ether oxygens (including phenoxy) is 1. The van der Waals surface area contributed by atoms with Gasteiger partial charge in [-0.25, -0.2) is 0 Å². The summed E-state index contributed by atoms with van der Waals surface area (Å²) in [7, 11) is 1.71. The number of carbonyl (C=O) groups excluding carboxylic acids is 3. The number of nitrogens with zero attached hydrogens (tertiary/aromatic N) is 3. The number of fused-ring (bicyclic) bond motifs is 1. The lowest BCUT2D eigenvalue weighted by atomic mass is 9.66. The SMILES string of the molecule is C=CCN(C)C(=O)[C@@H]1[C@H]2C(=O)N(CCCCO)C(C(=O)N(CC=C)CCCC)C23CC[C@@]1(C)O3. The van der Waals surface area contributed by atoms with Crippen LogP contribution < -0.4 is 0 Å². The highest BCUT2D eigenvalue weighted by Crippen LogP contribution is 2.63. The van der Waals surface area contributed by atoms with Crippen LogP contribution in [0.2, 0.25) is 0 Å². The molecule has 3 heterocycles. The van der Waals surface area contributed by atoms with Gasteiger partial charge >= 0.3 is 0 Å². The van der Waals surface area contributed by atoms with Crippen LogP contribution >= 0.6 is 0 Å². The van der Waals surface area contributed by atoms with E-state index < -0.39 is 29.1 Å². The zero-order valence-electron chi connectivity index (χ0n) is 21.0. The second-order valence-corrected chi connectivity index (χ2v) is 10.1. The Morgan fingerprint density at radius 3 is 2.50 bits per heavy atom. The van der Waals surface area contributed by atoms with E-state index in [2.05, 4.69) is 20.1 Å². The Morgan fingerprint density at radius 1 is 1.18 bits per heavy atom. The summed E-state index contributed by atoms with van der Waals surface area (Å²) in [5.41, 5.74) is -1.79. The molecule has 3 aliphatic heterocycles. The average Bonchev–Trinajstić information content (AvgIpc) is 3.37. The Morgan fingerprint density at radius 2 is 1.88 bits per heavy atom. The van der Waals surface area contributed by atoms with E-state index >= 15 is 0 Å². The van der Waals surface area contributed by atoms with Gasteiger partial charge in [-0.3, -0.25) is 14.4 Å². The summed E-state index contributed by atoms with van der Waals surface area (Å²) in [5, 5.41) is 9.29.